The van der Waals surface area contributed by atoms with Crippen LogP contribution in [0.3, 0.4) is 0 Å². The molecule has 1 aliphatic rings. The molecule has 1 heterocycles. The fraction of sp³-hybridized carbons (Fsp3) is 0.714. The van der Waals surface area contributed by atoms with Crippen molar-refractivity contribution in [3.63, 3.8) is 0 Å². The number of rotatable bonds is 1. The zero-order valence-electron chi connectivity index (χ0n) is 6.33. The van der Waals surface area contributed by atoms with E-state index in [1.807, 2.05) is 0 Å². The minimum atomic E-state index is -0.686. The first-order chi connectivity index (χ1) is 5.25. The van der Waals surface area contributed by atoms with Crippen LogP contribution in [0, 0.1) is 5.92 Å². The van der Waals surface area contributed by atoms with Gasteiger partial charge in [-0.15, -0.1) is 0 Å². The number of methoxy groups -OCH3 is 1. The Morgan fingerprint density at radius 1 is 1.73 bits per heavy atom. The average molecular weight is 158 g/mol. The molecule has 1 saturated heterocycles. The van der Waals surface area contributed by atoms with Crippen LogP contribution in [-0.2, 0) is 19.1 Å². The maximum absolute atomic E-state index is 11.0. The summed E-state index contributed by atoms with van der Waals surface area (Å²) in [7, 11) is 1.27. The van der Waals surface area contributed by atoms with Crippen molar-refractivity contribution in [2.45, 2.75) is 6.42 Å². The molecule has 0 bridgehead atoms. The van der Waals surface area contributed by atoms with E-state index in [-0.39, 0.29) is 12.4 Å². The number of carbonyl (C=O) groups excluding carboxylic acids is 2. The minimum Gasteiger partial charge on any atom is -0.468 e. The lowest BCUT2D eigenvalue weighted by Crippen LogP contribution is -2.34. The molecule has 1 fully saturated rings. The van der Waals surface area contributed by atoms with Gasteiger partial charge in [0.05, 0.1) is 20.3 Å². The van der Waals surface area contributed by atoms with Crippen LogP contribution in [0.25, 0.3) is 0 Å². The summed E-state index contributed by atoms with van der Waals surface area (Å²) in [5.74, 6) is -1.26. The Balaban J connectivity index is 2.54. The quantitative estimate of drug-likeness (QED) is 0.390. The summed E-state index contributed by atoms with van der Waals surface area (Å²) < 4.78 is 9.37. The Hall–Kier alpha value is -0.900. The molecule has 0 spiro atoms. The van der Waals surface area contributed by atoms with Crippen molar-refractivity contribution < 1.29 is 19.1 Å². The van der Waals surface area contributed by atoms with Crippen molar-refractivity contribution in [2.75, 3.05) is 20.3 Å². The standard InChI is InChI=1S/C7H10O4/c1-10-7(9)5-4-11-3-2-6(5)8/h5H,2-4H2,1H3/t5-/m1/s1. The lowest BCUT2D eigenvalue weighted by atomic mass is 10.0. The first-order valence-electron chi connectivity index (χ1n) is 3.44. The zero-order valence-corrected chi connectivity index (χ0v) is 6.33. The molecule has 0 aliphatic carbocycles. The van der Waals surface area contributed by atoms with E-state index in [0.29, 0.717) is 13.0 Å². The Morgan fingerprint density at radius 2 is 2.45 bits per heavy atom. The van der Waals surface area contributed by atoms with Crippen molar-refractivity contribution in [3.05, 3.63) is 0 Å². The van der Waals surface area contributed by atoms with Crippen molar-refractivity contribution in [1.29, 1.82) is 0 Å². The monoisotopic (exact) mass is 158 g/mol. The number of ether oxygens (including phenoxy) is 2. The molecule has 0 aromatic rings. The van der Waals surface area contributed by atoms with Crippen molar-refractivity contribution >= 4 is 11.8 Å². The highest BCUT2D eigenvalue weighted by atomic mass is 16.5. The molecule has 0 N–H and O–H groups in total. The summed E-state index contributed by atoms with van der Waals surface area (Å²) >= 11 is 0. The van der Waals surface area contributed by atoms with Crippen LogP contribution in [-0.4, -0.2) is 32.1 Å². The van der Waals surface area contributed by atoms with Crippen LogP contribution >= 0.6 is 0 Å². The summed E-state index contributed by atoms with van der Waals surface area (Å²) in [4.78, 5) is 21.9. The van der Waals surface area contributed by atoms with Gasteiger partial charge in [0.25, 0.3) is 0 Å². The van der Waals surface area contributed by atoms with E-state index in [9.17, 15) is 9.59 Å². The lowest BCUT2D eigenvalue weighted by molar-refractivity contribution is -0.155. The topological polar surface area (TPSA) is 52.6 Å². The third-order valence-electron chi connectivity index (χ3n) is 1.65. The molecule has 0 amide bonds. The van der Waals surface area contributed by atoms with Crippen LogP contribution in [0.5, 0.6) is 0 Å². The van der Waals surface area contributed by atoms with Gasteiger partial charge in [-0.3, -0.25) is 9.59 Å². The maximum Gasteiger partial charge on any atom is 0.318 e. The molecule has 4 nitrogen and oxygen atoms in total. The van der Waals surface area contributed by atoms with Gasteiger partial charge in [-0.25, -0.2) is 0 Å². The third-order valence-corrected chi connectivity index (χ3v) is 1.65. The van der Waals surface area contributed by atoms with Gasteiger partial charge in [0.1, 0.15) is 5.92 Å². The van der Waals surface area contributed by atoms with Crippen molar-refractivity contribution in [2.24, 2.45) is 5.92 Å². The van der Waals surface area contributed by atoms with E-state index in [1.165, 1.54) is 7.11 Å². The highest BCUT2D eigenvalue weighted by Gasteiger charge is 2.30. The molecule has 0 aromatic carbocycles. The minimum absolute atomic E-state index is 0.0805. The van der Waals surface area contributed by atoms with Gasteiger partial charge in [0, 0.05) is 6.42 Å². The Bertz CT molecular complexity index is 167. The smallest absolute Gasteiger partial charge is 0.318 e. The van der Waals surface area contributed by atoms with Gasteiger partial charge in [-0.2, -0.15) is 0 Å². The number of esters is 1. The van der Waals surface area contributed by atoms with Gasteiger partial charge in [-0.1, -0.05) is 0 Å². The van der Waals surface area contributed by atoms with Crippen LogP contribution in [0.15, 0.2) is 0 Å². The third kappa shape index (κ3) is 1.77. The average Bonchev–Trinajstić information content (AvgIpc) is 2.04. The maximum atomic E-state index is 11.0. The van der Waals surface area contributed by atoms with Crippen LogP contribution in [0.2, 0.25) is 0 Å². The molecule has 1 aliphatic heterocycles. The number of hydrogen-bond donors (Lipinski definition) is 0. The van der Waals surface area contributed by atoms with Gasteiger partial charge < -0.3 is 9.47 Å². The fourth-order valence-electron chi connectivity index (χ4n) is 0.983. The van der Waals surface area contributed by atoms with E-state index >= 15 is 0 Å². The summed E-state index contributed by atoms with van der Waals surface area (Å²) in [6.45, 7) is 0.595. The van der Waals surface area contributed by atoms with Gasteiger partial charge in [0.2, 0.25) is 0 Å². The molecule has 1 rings (SSSR count). The van der Waals surface area contributed by atoms with Gasteiger partial charge >= 0.3 is 5.97 Å². The second-order valence-electron chi connectivity index (χ2n) is 2.37. The molecule has 0 radical (unpaired) electrons. The van der Waals surface area contributed by atoms with E-state index in [1.54, 1.807) is 0 Å². The molecule has 0 aromatic heterocycles. The van der Waals surface area contributed by atoms with Gasteiger partial charge in [0.15, 0.2) is 5.78 Å². The van der Waals surface area contributed by atoms with Crippen molar-refractivity contribution in [3.8, 4) is 0 Å². The van der Waals surface area contributed by atoms with E-state index < -0.39 is 11.9 Å². The highest BCUT2D eigenvalue weighted by molar-refractivity contribution is 5.99. The molecular weight excluding hydrogens is 148 g/mol. The SMILES string of the molecule is COC(=O)[C@@H]1COCCC1=O. The van der Waals surface area contributed by atoms with Crippen LogP contribution < -0.4 is 0 Å². The Labute approximate surface area is 64.5 Å². The second kappa shape index (κ2) is 3.48. The predicted octanol–water partition coefficient (Wildman–Crippen LogP) is -0.235. The Morgan fingerprint density at radius 3 is 3.00 bits per heavy atom. The molecule has 11 heavy (non-hydrogen) atoms. The van der Waals surface area contributed by atoms with Crippen LogP contribution in [0.1, 0.15) is 6.42 Å². The van der Waals surface area contributed by atoms with Gasteiger partial charge in [-0.05, 0) is 0 Å². The summed E-state index contributed by atoms with van der Waals surface area (Å²) in [5.41, 5.74) is 0. The largest absolute Gasteiger partial charge is 0.468 e. The number of Topliss-reactive ketones (excluding diaryl/α,β-unsaturated/α-hetero) is 1. The van der Waals surface area contributed by atoms with E-state index in [2.05, 4.69) is 4.74 Å². The van der Waals surface area contributed by atoms with E-state index in [4.69, 9.17) is 4.74 Å². The fourth-order valence-corrected chi connectivity index (χ4v) is 0.983. The molecule has 0 saturated carbocycles. The summed E-state index contributed by atoms with van der Waals surface area (Å²) in [6.07, 6.45) is 0.319. The molecule has 1 atom stereocenters. The van der Waals surface area contributed by atoms with E-state index in [0.717, 1.165) is 0 Å². The molecular formula is C7H10O4. The normalized spacial score (nSPS) is 24.8. The number of hydrogen-bond acceptors (Lipinski definition) is 4. The highest BCUT2D eigenvalue weighted by Crippen LogP contribution is 2.10. The number of ketones is 1. The second-order valence-corrected chi connectivity index (χ2v) is 2.37. The predicted molar refractivity (Wildman–Crippen MR) is 35.9 cm³/mol. The van der Waals surface area contributed by atoms with Crippen molar-refractivity contribution in [1.82, 2.24) is 0 Å². The van der Waals surface area contributed by atoms with Crippen LogP contribution in [0.4, 0.5) is 0 Å². The number of carbonyl (C=O) groups is 2. The lowest BCUT2D eigenvalue weighted by Gasteiger charge is -2.18. The molecule has 4 heteroatoms. The molecule has 0 unspecified atom stereocenters. The summed E-state index contributed by atoms with van der Waals surface area (Å²) in [5, 5.41) is 0. The zero-order chi connectivity index (χ0) is 8.27. The first kappa shape index (κ1) is 8.20. The molecule has 62 valence electrons. The first-order valence-corrected chi connectivity index (χ1v) is 3.44. The summed E-state index contributed by atoms with van der Waals surface area (Å²) in [6, 6.07) is 0. The Kier molecular flexibility index (Phi) is 2.59.